The maximum absolute atomic E-state index is 13.7. The van der Waals surface area contributed by atoms with Crippen molar-refractivity contribution in [3.05, 3.63) is 34.9 Å². The summed E-state index contributed by atoms with van der Waals surface area (Å²) < 4.78 is 32.5. The van der Waals surface area contributed by atoms with E-state index >= 15 is 0 Å². The lowest BCUT2D eigenvalue weighted by molar-refractivity contribution is 0.0694. The molecule has 0 aliphatic carbocycles. The van der Waals surface area contributed by atoms with Crippen LogP contribution in [-0.4, -0.2) is 24.3 Å². The zero-order valence-corrected chi connectivity index (χ0v) is 9.08. The van der Waals surface area contributed by atoms with Crippen LogP contribution < -0.4 is 0 Å². The Morgan fingerprint density at radius 2 is 1.76 bits per heavy atom. The molecular weight excluding hydrogens is 230 g/mol. The van der Waals surface area contributed by atoms with Crippen molar-refractivity contribution in [3.63, 3.8) is 0 Å². The van der Waals surface area contributed by atoms with Crippen LogP contribution in [-0.2, 0) is 4.74 Å². The Hall–Kier alpha value is -1.49. The van der Waals surface area contributed by atoms with E-state index in [1.54, 1.807) is 0 Å². The van der Waals surface area contributed by atoms with Crippen molar-refractivity contribution in [1.29, 1.82) is 0 Å². The molecule has 0 bridgehead atoms. The molecule has 5 heteroatoms. The molecule has 0 aromatic heterocycles. The van der Waals surface area contributed by atoms with Gasteiger partial charge >= 0.3 is 5.97 Å². The van der Waals surface area contributed by atoms with Crippen LogP contribution in [0.1, 0.15) is 34.7 Å². The van der Waals surface area contributed by atoms with Gasteiger partial charge in [0.2, 0.25) is 0 Å². The van der Waals surface area contributed by atoms with Gasteiger partial charge in [0.05, 0.1) is 5.56 Å². The van der Waals surface area contributed by atoms with Crippen LogP contribution in [0.4, 0.5) is 8.78 Å². The van der Waals surface area contributed by atoms with Gasteiger partial charge in [-0.05, 0) is 30.9 Å². The Morgan fingerprint density at radius 3 is 2.24 bits per heavy atom. The van der Waals surface area contributed by atoms with Crippen LogP contribution in [0.25, 0.3) is 0 Å². The first-order valence-electron chi connectivity index (χ1n) is 5.39. The van der Waals surface area contributed by atoms with Gasteiger partial charge in [-0.2, -0.15) is 0 Å². The van der Waals surface area contributed by atoms with E-state index in [4.69, 9.17) is 9.84 Å². The molecule has 1 aliphatic rings. The molecule has 0 amide bonds. The van der Waals surface area contributed by atoms with Crippen molar-refractivity contribution in [2.45, 2.75) is 18.8 Å². The Morgan fingerprint density at radius 1 is 1.24 bits per heavy atom. The van der Waals surface area contributed by atoms with E-state index in [1.165, 1.54) is 0 Å². The maximum atomic E-state index is 13.7. The third kappa shape index (κ3) is 2.44. The van der Waals surface area contributed by atoms with Gasteiger partial charge in [-0.3, -0.25) is 0 Å². The Kier molecular flexibility index (Phi) is 3.38. The lowest BCUT2D eigenvalue weighted by atomic mass is 9.90. The fraction of sp³-hybridized carbons (Fsp3) is 0.417. The maximum Gasteiger partial charge on any atom is 0.335 e. The molecule has 2 rings (SSSR count). The van der Waals surface area contributed by atoms with Crippen LogP contribution in [0, 0.1) is 11.6 Å². The summed E-state index contributed by atoms with van der Waals surface area (Å²) in [5, 5.41) is 8.68. The smallest absolute Gasteiger partial charge is 0.335 e. The minimum atomic E-state index is -1.33. The van der Waals surface area contributed by atoms with Gasteiger partial charge in [0.1, 0.15) is 11.6 Å². The van der Waals surface area contributed by atoms with E-state index in [9.17, 15) is 13.6 Å². The van der Waals surface area contributed by atoms with Gasteiger partial charge in [0.25, 0.3) is 0 Å². The van der Waals surface area contributed by atoms with Crippen molar-refractivity contribution in [1.82, 2.24) is 0 Å². The number of carboxylic acids is 1. The molecule has 1 aromatic rings. The normalized spacial score (nSPS) is 17.1. The first kappa shape index (κ1) is 12.0. The Bertz CT molecular complexity index is 416. The van der Waals surface area contributed by atoms with Gasteiger partial charge in [-0.25, -0.2) is 13.6 Å². The molecule has 1 N–H and O–H groups in total. The number of benzene rings is 1. The van der Waals surface area contributed by atoms with Crippen molar-refractivity contribution in [3.8, 4) is 0 Å². The molecular formula is C12H12F2O3. The second-order valence-electron chi connectivity index (χ2n) is 4.05. The third-order valence-corrected chi connectivity index (χ3v) is 2.96. The number of rotatable bonds is 2. The summed E-state index contributed by atoms with van der Waals surface area (Å²) in [6.45, 7) is 0.953. The molecule has 0 atom stereocenters. The summed E-state index contributed by atoms with van der Waals surface area (Å²) in [5.74, 6) is -3.13. The van der Waals surface area contributed by atoms with E-state index in [2.05, 4.69) is 0 Å². The molecule has 1 aliphatic heterocycles. The molecule has 1 saturated heterocycles. The third-order valence-electron chi connectivity index (χ3n) is 2.96. The minimum absolute atomic E-state index is 0.0155. The minimum Gasteiger partial charge on any atom is -0.478 e. The highest BCUT2D eigenvalue weighted by atomic mass is 19.1. The van der Waals surface area contributed by atoms with E-state index in [0.717, 1.165) is 12.1 Å². The van der Waals surface area contributed by atoms with E-state index in [-0.39, 0.29) is 17.0 Å². The van der Waals surface area contributed by atoms with Gasteiger partial charge < -0.3 is 9.84 Å². The summed E-state index contributed by atoms with van der Waals surface area (Å²) in [6.07, 6.45) is 1.11. The van der Waals surface area contributed by atoms with Gasteiger partial charge in [-0.1, -0.05) is 0 Å². The van der Waals surface area contributed by atoms with E-state index < -0.39 is 17.6 Å². The number of carbonyl (C=O) groups is 1. The summed E-state index contributed by atoms with van der Waals surface area (Å²) in [4.78, 5) is 10.6. The first-order chi connectivity index (χ1) is 8.09. The lowest BCUT2D eigenvalue weighted by Gasteiger charge is -2.23. The second-order valence-corrected chi connectivity index (χ2v) is 4.05. The van der Waals surface area contributed by atoms with Crippen molar-refractivity contribution in [2.75, 3.05) is 13.2 Å². The standard InChI is InChI=1S/C12H12F2O3/c13-9-5-8(12(15)16)6-10(14)11(9)7-1-3-17-4-2-7/h5-7H,1-4H2,(H,15,16). The number of aromatic carboxylic acids is 1. The van der Waals surface area contributed by atoms with Crippen molar-refractivity contribution < 1.29 is 23.4 Å². The molecule has 1 fully saturated rings. The van der Waals surface area contributed by atoms with E-state index in [1.807, 2.05) is 0 Å². The summed E-state index contributed by atoms with van der Waals surface area (Å²) in [6, 6.07) is 1.74. The largest absolute Gasteiger partial charge is 0.478 e. The van der Waals surface area contributed by atoms with Gasteiger partial charge in [0.15, 0.2) is 0 Å². The predicted octanol–water partition coefficient (Wildman–Crippen LogP) is 2.56. The summed E-state index contributed by atoms with van der Waals surface area (Å²) in [5.41, 5.74) is -0.380. The molecule has 1 aromatic carbocycles. The average Bonchev–Trinajstić information content (AvgIpc) is 2.29. The monoisotopic (exact) mass is 242 g/mol. The molecule has 0 saturated carbocycles. The predicted molar refractivity (Wildman–Crippen MR) is 56.1 cm³/mol. The second kappa shape index (κ2) is 4.79. The van der Waals surface area contributed by atoms with Crippen LogP contribution in [0.15, 0.2) is 12.1 Å². The van der Waals surface area contributed by atoms with Crippen LogP contribution in [0.5, 0.6) is 0 Å². The first-order valence-corrected chi connectivity index (χ1v) is 5.39. The number of hydrogen-bond acceptors (Lipinski definition) is 2. The average molecular weight is 242 g/mol. The molecule has 17 heavy (non-hydrogen) atoms. The number of ether oxygens (including phenoxy) is 1. The van der Waals surface area contributed by atoms with E-state index in [0.29, 0.717) is 26.1 Å². The molecule has 92 valence electrons. The Labute approximate surface area is 97.0 Å². The molecule has 3 nitrogen and oxygen atoms in total. The van der Waals surface area contributed by atoms with Crippen molar-refractivity contribution in [2.24, 2.45) is 0 Å². The summed E-state index contributed by atoms with van der Waals surface area (Å²) in [7, 11) is 0. The number of carboxylic acid groups (broad SMARTS) is 1. The number of hydrogen-bond donors (Lipinski definition) is 1. The quantitative estimate of drug-likeness (QED) is 0.866. The van der Waals surface area contributed by atoms with Gasteiger partial charge in [0, 0.05) is 18.8 Å². The highest BCUT2D eigenvalue weighted by molar-refractivity contribution is 5.87. The van der Waals surface area contributed by atoms with Gasteiger partial charge in [-0.15, -0.1) is 0 Å². The zero-order valence-electron chi connectivity index (χ0n) is 9.08. The molecule has 0 unspecified atom stereocenters. The van der Waals surface area contributed by atoms with Crippen molar-refractivity contribution >= 4 is 5.97 Å². The highest BCUT2D eigenvalue weighted by Crippen LogP contribution is 2.31. The van der Waals surface area contributed by atoms with Crippen LogP contribution in [0.2, 0.25) is 0 Å². The van der Waals surface area contributed by atoms with Crippen LogP contribution in [0.3, 0.4) is 0 Å². The Balaban J connectivity index is 2.37. The molecule has 0 radical (unpaired) electrons. The fourth-order valence-corrected chi connectivity index (χ4v) is 2.08. The fourth-order valence-electron chi connectivity index (χ4n) is 2.08. The summed E-state index contributed by atoms with van der Waals surface area (Å²) >= 11 is 0. The SMILES string of the molecule is O=C(O)c1cc(F)c(C2CCOCC2)c(F)c1. The molecule has 1 heterocycles. The number of halogens is 2. The highest BCUT2D eigenvalue weighted by Gasteiger charge is 2.24. The lowest BCUT2D eigenvalue weighted by Crippen LogP contribution is -2.17. The topological polar surface area (TPSA) is 46.5 Å². The molecule has 0 spiro atoms. The zero-order chi connectivity index (χ0) is 12.4. The van der Waals surface area contributed by atoms with Crippen LogP contribution >= 0.6 is 0 Å².